The molecule has 1 aliphatic heterocycles. The summed E-state index contributed by atoms with van der Waals surface area (Å²) in [7, 11) is -2.84. The van der Waals surface area contributed by atoms with E-state index in [4.69, 9.17) is 0 Å². The van der Waals surface area contributed by atoms with Gasteiger partial charge in [0.25, 0.3) is 0 Å². The van der Waals surface area contributed by atoms with Crippen LogP contribution in [0.2, 0.25) is 0 Å². The molecule has 1 saturated heterocycles. The molecule has 16 heavy (non-hydrogen) atoms. The van der Waals surface area contributed by atoms with Crippen molar-refractivity contribution >= 4 is 26.8 Å². The number of amidine groups is 1. The van der Waals surface area contributed by atoms with Gasteiger partial charge < -0.3 is 5.32 Å². The first kappa shape index (κ1) is 13.8. The van der Waals surface area contributed by atoms with Crippen LogP contribution in [0.3, 0.4) is 0 Å². The van der Waals surface area contributed by atoms with Gasteiger partial charge in [0, 0.05) is 24.6 Å². The third kappa shape index (κ3) is 5.21. The smallest absolute Gasteiger partial charge is 0.156 e. The van der Waals surface area contributed by atoms with Crippen LogP contribution in [0, 0.1) is 5.92 Å². The predicted octanol–water partition coefficient (Wildman–Crippen LogP) is 1.14. The summed E-state index contributed by atoms with van der Waals surface area (Å²) < 4.78 is 21.8. The highest BCUT2D eigenvalue weighted by molar-refractivity contribution is 8.13. The Kier molecular flexibility index (Phi) is 5.11. The molecule has 0 saturated carbocycles. The highest BCUT2D eigenvalue weighted by atomic mass is 32.2. The quantitative estimate of drug-likeness (QED) is 0.774. The molecule has 1 heterocycles. The van der Waals surface area contributed by atoms with E-state index >= 15 is 0 Å². The molecule has 0 bridgehead atoms. The Morgan fingerprint density at radius 1 is 1.50 bits per heavy atom. The second kappa shape index (κ2) is 5.91. The summed E-state index contributed by atoms with van der Waals surface area (Å²) >= 11 is 1.72. The number of hydrogen-bond acceptors (Lipinski definition) is 4. The number of rotatable bonds is 4. The van der Waals surface area contributed by atoms with Gasteiger partial charge in [-0.3, -0.25) is 4.99 Å². The minimum Gasteiger partial charge on any atom is -0.362 e. The first-order valence-corrected chi connectivity index (χ1v) is 8.54. The van der Waals surface area contributed by atoms with Crippen LogP contribution < -0.4 is 5.32 Å². The largest absolute Gasteiger partial charge is 0.362 e. The van der Waals surface area contributed by atoms with E-state index in [9.17, 15) is 8.42 Å². The number of nitrogens with zero attached hydrogens (tertiary/aromatic N) is 1. The predicted molar refractivity (Wildman–Crippen MR) is 70.8 cm³/mol. The van der Waals surface area contributed by atoms with Gasteiger partial charge in [-0.15, -0.1) is 0 Å². The lowest BCUT2D eigenvalue weighted by Crippen LogP contribution is -2.41. The van der Waals surface area contributed by atoms with Crippen molar-refractivity contribution in [2.75, 3.05) is 24.3 Å². The molecule has 0 aliphatic carbocycles. The van der Waals surface area contributed by atoms with E-state index in [-0.39, 0.29) is 5.75 Å². The fourth-order valence-electron chi connectivity index (χ4n) is 1.33. The summed E-state index contributed by atoms with van der Waals surface area (Å²) in [5.74, 6) is 1.96. The summed E-state index contributed by atoms with van der Waals surface area (Å²) in [5, 5.41) is 4.28. The standard InChI is InChI=1S/C10H20N2O2S2/c1-8-7-15-10(12-9(8)2)11-5-4-6-16(3,13)14/h8-9H,4-7H2,1-3H3,(H,11,12). The van der Waals surface area contributed by atoms with E-state index in [0.29, 0.717) is 24.9 Å². The van der Waals surface area contributed by atoms with Crippen LogP contribution in [0.5, 0.6) is 0 Å². The van der Waals surface area contributed by atoms with E-state index in [1.54, 1.807) is 11.8 Å². The van der Waals surface area contributed by atoms with Gasteiger partial charge in [-0.05, 0) is 19.3 Å². The SMILES string of the molecule is CC1CSC(=NCCCS(C)(=O)=O)NC1C. The van der Waals surface area contributed by atoms with Crippen molar-refractivity contribution in [3.63, 3.8) is 0 Å². The van der Waals surface area contributed by atoms with Crippen LogP contribution in [-0.2, 0) is 9.84 Å². The zero-order valence-electron chi connectivity index (χ0n) is 10.1. The lowest BCUT2D eigenvalue weighted by molar-refractivity contribution is 0.490. The van der Waals surface area contributed by atoms with Crippen LogP contribution in [0.1, 0.15) is 20.3 Å². The topological polar surface area (TPSA) is 58.5 Å². The molecule has 0 spiro atoms. The average Bonchev–Trinajstić information content (AvgIpc) is 2.17. The fraction of sp³-hybridized carbons (Fsp3) is 0.900. The Hall–Kier alpha value is -0.230. The van der Waals surface area contributed by atoms with Crippen molar-refractivity contribution < 1.29 is 8.42 Å². The van der Waals surface area contributed by atoms with Gasteiger partial charge in [0.1, 0.15) is 9.84 Å². The summed E-state index contributed by atoms with van der Waals surface area (Å²) in [5.41, 5.74) is 0. The van der Waals surface area contributed by atoms with Gasteiger partial charge >= 0.3 is 0 Å². The molecule has 6 heteroatoms. The molecule has 1 aliphatic rings. The molecular weight excluding hydrogens is 244 g/mol. The molecule has 0 amide bonds. The van der Waals surface area contributed by atoms with E-state index in [2.05, 4.69) is 24.2 Å². The molecule has 1 N–H and O–H groups in total. The summed E-state index contributed by atoms with van der Waals surface area (Å²) in [6.45, 7) is 4.95. The summed E-state index contributed by atoms with van der Waals surface area (Å²) in [4.78, 5) is 4.38. The molecule has 94 valence electrons. The third-order valence-electron chi connectivity index (χ3n) is 2.62. The molecule has 0 aromatic carbocycles. The molecular formula is C10H20N2O2S2. The first-order valence-electron chi connectivity index (χ1n) is 5.50. The van der Waals surface area contributed by atoms with Crippen LogP contribution >= 0.6 is 11.8 Å². The molecule has 2 unspecified atom stereocenters. The highest BCUT2D eigenvalue weighted by Crippen LogP contribution is 2.19. The van der Waals surface area contributed by atoms with Gasteiger partial charge in [0.2, 0.25) is 0 Å². The van der Waals surface area contributed by atoms with Crippen molar-refractivity contribution in [1.82, 2.24) is 5.32 Å². The average molecular weight is 264 g/mol. The first-order chi connectivity index (χ1) is 7.38. The monoisotopic (exact) mass is 264 g/mol. The Morgan fingerprint density at radius 3 is 2.75 bits per heavy atom. The zero-order valence-corrected chi connectivity index (χ0v) is 11.7. The molecule has 0 radical (unpaired) electrons. The van der Waals surface area contributed by atoms with Crippen LogP contribution in [0.15, 0.2) is 4.99 Å². The van der Waals surface area contributed by atoms with E-state index in [1.165, 1.54) is 6.26 Å². The van der Waals surface area contributed by atoms with Crippen LogP contribution in [0.25, 0.3) is 0 Å². The molecule has 1 rings (SSSR count). The maximum atomic E-state index is 10.9. The van der Waals surface area contributed by atoms with E-state index in [1.807, 2.05) is 0 Å². The Morgan fingerprint density at radius 2 is 2.19 bits per heavy atom. The molecule has 4 nitrogen and oxygen atoms in total. The second-order valence-corrected chi connectivity index (χ2v) is 7.66. The number of hydrogen-bond donors (Lipinski definition) is 1. The van der Waals surface area contributed by atoms with E-state index < -0.39 is 9.84 Å². The van der Waals surface area contributed by atoms with E-state index in [0.717, 1.165) is 10.9 Å². The Bertz CT molecular complexity index is 352. The normalized spacial score (nSPS) is 29.1. The molecule has 0 aromatic heterocycles. The minimum atomic E-state index is -2.84. The molecule has 0 aromatic rings. The third-order valence-corrected chi connectivity index (χ3v) is 4.86. The number of nitrogens with one attached hydrogen (secondary N) is 1. The fourth-order valence-corrected chi connectivity index (χ4v) is 3.15. The van der Waals surface area contributed by atoms with Gasteiger partial charge in [0.05, 0.1) is 5.75 Å². The van der Waals surface area contributed by atoms with Crippen LogP contribution in [0.4, 0.5) is 0 Å². The Labute approximate surface area is 102 Å². The summed E-state index contributed by atoms with van der Waals surface area (Å²) in [6.07, 6.45) is 1.87. The highest BCUT2D eigenvalue weighted by Gasteiger charge is 2.20. The minimum absolute atomic E-state index is 0.223. The van der Waals surface area contributed by atoms with Crippen molar-refractivity contribution in [2.45, 2.75) is 26.3 Å². The number of thioether (sulfide) groups is 1. The number of sulfone groups is 1. The lowest BCUT2D eigenvalue weighted by atomic mass is 10.1. The van der Waals surface area contributed by atoms with Crippen molar-refractivity contribution in [1.29, 1.82) is 0 Å². The van der Waals surface area contributed by atoms with Crippen molar-refractivity contribution in [3.8, 4) is 0 Å². The van der Waals surface area contributed by atoms with Gasteiger partial charge in [-0.1, -0.05) is 18.7 Å². The number of aliphatic imine (C=N–C) groups is 1. The second-order valence-electron chi connectivity index (χ2n) is 4.39. The maximum absolute atomic E-state index is 10.9. The maximum Gasteiger partial charge on any atom is 0.156 e. The Balaban J connectivity index is 2.30. The molecule has 1 fully saturated rings. The zero-order chi connectivity index (χ0) is 12.2. The molecule has 2 atom stereocenters. The van der Waals surface area contributed by atoms with Crippen LogP contribution in [-0.4, -0.2) is 43.9 Å². The van der Waals surface area contributed by atoms with Gasteiger partial charge in [0.15, 0.2) is 5.17 Å². The van der Waals surface area contributed by atoms with Gasteiger partial charge in [-0.2, -0.15) is 0 Å². The van der Waals surface area contributed by atoms with Gasteiger partial charge in [-0.25, -0.2) is 8.42 Å². The summed E-state index contributed by atoms with van der Waals surface area (Å²) in [6, 6.07) is 0.454. The lowest BCUT2D eigenvalue weighted by Gasteiger charge is -2.28. The van der Waals surface area contributed by atoms with Crippen molar-refractivity contribution in [3.05, 3.63) is 0 Å². The van der Waals surface area contributed by atoms with Crippen molar-refractivity contribution in [2.24, 2.45) is 10.9 Å².